The first-order chi connectivity index (χ1) is 10.8. The van der Waals surface area contributed by atoms with Crippen LogP contribution in [0.2, 0.25) is 0 Å². The summed E-state index contributed by atoms with van der Waals surface area (Å²) in [6.07, 6.45) is 1.60. The number of aryl methyl sites for hydroxylation is 1. The Morgan fingerprint density at radius 3 is 2.77 bits per heavy atom. The number of ether oxygens (including phenoxy) is 1. The van der Waals surface area contributed by atoms with Gasteiger partial charge in [-0.3, -0.25) is 0 Å². The quantitative estimate of drug-likeness (QED) is 0.773. The third kappa shape index (κ3) is 2.86. The largest absolute Gasteiger partial charge is 0.494 e. The van der Waals surface area contributed by atoms with Gasteiger partial charge in [0.25, 0.3) is 0 Å². The summed E-state index contributed by atoms with van der Waals surface area (Å²) in [5, 5.41) is 4.48. The van der Waals surface area contributed by atoms with Crippen molar-refractivity contribution in [2.45, 2.75) is 20.4 Å². The fourth-order valence-electron chi connectivity index (χ4n) is 2.54. The Balaban J connectivity index is 1.89. The maximum absolute atomic E-state index is 5.66. The molecule has 0 radical (unpaired) electrons. The number of anilines is 1. The van der Waals surface area contributed by atoms with E-state index >= 15 is 0 Å². The number of para-hydroxylation sites is 1. The second-order valence-electron chi connectivity index (χ2n) is 5.09. The molecule has 0 unspecified atom stereocenters. The highest BCUT2D eigenvalue weighted by Crippen LogP contribution is 2.24. The topological polar surface area (TPSA) is 47.0 Å². The van der Waals surface area contributed by atoms with Crippen LogP contribution >= 0.6 is 0 Å². The molecule has 2 aromatic carbocycles. The molecule has 0 saturated heterocycles. The number of nitrogens with zero attached hydrogens (tertiary/aromatic N) is 2. The van der Waals surface area contributed by atoms with Crippen LogP contribution in [0.4, 0.5) is 5.82 Å². The molecule has 0 aliphatic rings. The van der Waals surface area contributed by atoms with E-state index in [0.717, 1.165) is 28.0 Å². The molecule has 4 nitrogen and oxygen atoms in total. The van der Waals surface area contributed by atoms with Gasteiger partial charge in [0.2, 0.25) is 0 Å². The highest BCUT2D eigenvalue weighted by molar-refractivity contribution is 5.91. The van der Waals surface area contributed by atoms with Gasteiger partial charge in [0.15, 0.2) is 0 Å². The summed E-state index contributed by atoms with van der Waals surface area (Å²) in [6.45, 7) is 5.39. The van der Waals surface area contributed by atoms with Crippen LogP contribution < -0.4 is 10.1 Å². The summed E-state index contributed by atoms with van der Waals surface area (Å²) < 4.78 is 5.66. The van der Waals surface area contributed by atoms with E-state index in [9.17, 15) is 0 Å². The highest BCUT2D eigenvalue weighted by Gasteiger charge is 2.07. The molecule has 0 saturated carbocycles. The van der Waals surface area contributed by atoms with Gasteiger partial charge in [-0.2, -0.15) is 0 Å². The van der Waals surface area contributed by atoms with E-state index in [1.54, 1.807) is 6.33 Å². The lowest BCUT2D eigenvalue weighted by atomic mass is 10.1. The molecule has 0 fully saturated rings. The summed E-state index contributed by atoms with van der Waals surface area (Å²) in [4.78, 5) is 8.72. The zero-order chi connectivity index (χ0) is 15.4. The van der Waals surface area contributed by atoms with Crippen LogP contribution in [0.15, 0.2) is 48.8 Å². The zero-order valence-corrected chi connectivity index (χ0v) is 12.8. The minimum Gasteiger partial charge on any atom is -0.494 e. The molecular weight excluding hydrogens is 274 g/mol. The SMILES string of the molecule is CCOc1ccccc1CNc1ncnc2cccc(C)c12. The Morgan fingerprint density at radius 1 is 1.05 bits per heavy atom. The van der Waals surface area contributed by atoms with Crippen molar-refractivity contribution in [1.82, 2.24) is 9.97 Å². The third-order valence-corrected chi connectivity index (χ3v) is 3.59. The van der Waals surface area contributed by atoms with E-state index < -0.39 is 0 Å². The summed E-state index contributed by atoms with van der Waals surface area (Å²) in [5.74, 6) is 1.77. The summed E-state index contributed by atoms with van der Waals surface area (Å²) >= 11 is 0. The average Bonchev–Trinajstić information content (AvgIpc) is 2.54. The maximum Gasteiger partial charge on any atom is 0.137 e. The fourth-order valence-corrected chi connectivity index (χ4v) is 2.54. The lowest BCUT2D eigenvalue weighted by molar-refractivity contribution is 0.337. The molecule has 1 aromatic heterocycles. The summed E-state index contributed by atoms with van der Waals surface area (Å²) in [7, 11) is 0. The Hall–Kier alpha value is -2.62. The number of benzene rings is 2. The van der Waals surface area contributed by atoms with Gasteiger partial charge in [0.1, 0.15) is 17.9 Å². The van der Waals surface area contributed by atoms with Crippen molar-refractivity contribution >= 4 is 16.7 Å². The lowest BCUT2D eigenvalue weighted by Crippen LogP contribution is -2.05. The Morgan fingerprint density at radius 2 is 1.91 bits per heavy atom. The van der Waals surface area contributed by atoms with E-state index in [1.807, 2.05) is 37.3 Å². The summed E-state index contributed by atoms with van der Waals surface area (Å²) in [6, 6.07) is 14.1. The van der Waals surface area contributed by atoms with Gasteiger partial charge in [0, 0.05) is 17.5 Å². The van der Waals surface area contributed by atoms with E-state index in [0.29, 0.717) is 13.2 Å². The van der Waals surface area contributed by atoms with Crippen LogP contribution in [0, 0.1) is 6.92 Å². The predicted molar refractivity (Wildman–Crippen MR) is 89.2 cm³/mol. The summed E-state index contributed by atoms with van der Waals surface area (Å²) in [5.41, 5.74) is 3.24. The van der Waals surface area contributed by atoms with Crippen LogP contribution in [-0.4, -0.2) is 16.6 Å². The Labute approximate surface area is 130 Å². The van der Waals surface area contributed by atoms with Crippen LogP contribution in [-0.2, 0) is 6.54 Å². The zero-order valence-electron chi connectivity index (χ0n) is 12.8. The monoisotopic (exact) mass is 293 g/mol. The maximum atomic E-state index is 5.66. The molecule has 1 N–H and O–H groups in total. The van der Waals surface area contributed by atoms with Gasteiger partial charge in [-0.1, -0.05) is 30.3 Å². The fraction of sp³-hybridized carbons (Fsp3) is 0.222. The van der Waals surface area contributed by atoms with Crippen molar-refractivity contribution in [1.29, 1.82) is 0 Å². The van der Waals surface area contributed by atoms with Gasteiger partial charge in [-0.25, -0.2) is 9.97 Å². The van der Waals surface area contributed by atoms with E-state index in [-0.39, 0.29) is 0 Å². The molecule has 0 amide bonds. The second kappa shape index (κ2) is 6.43. The number of rotatable bonds is 5. The van der Waals surface area contributed by atoms with Crippen LogP contribution in [0.25, 0.3) is 10.9 Å². The minimum absolute atomic E-state index is 0.659. The number of hydrogen-bond donors (Lipinski definition) is 1. The van der Waals surface area contributed by atoms with Gasteiger partial charge in [-0.15, -0.1) is 0 Å². The third-order valence-electron chi connectivity index (χ3n) is 3.59. The predicted octanol–water partition coefficient (Wildman–Crippen LogP) is 3.95. The van der Waals surface area contributed by atoms with E-state index in [4.69, 9.17) is 4.74 Å². The van der Waals surface area contributed by atoms with Crippen LogP contribution in [0.3, 0.4) is 0 Å². The standard InChI is InChI=1S/C18H19N3O/c1-3-22-16-10-5-4-8-14(16)11-19-18-17-13(2)7-6-9-15(17)20-12-21-18/h4-10,12H,3,11H2,1-2H3,(H,19,20,21). The average molecular weight is 293 g/mol. The number of nitrogens with one attached hydrogen (secondary N) is 1. The van der Waals surface area contributed by atoms with Crippen molar-refractivity contribution in [2.24, 2.45) is 0 Å². The van der Waals surface area contributed by atoms with Crippen LogP contribution in [0.5, 0.6) is 5.75 Å². The molecule has 3 aromatic rings. The molecule has 22 heavy (non-hydrogen) atoms. The van der Waals surface area contributed by atoms with E-state index in [2.05, 4.69) is 34.3 Å². The van der Waals surface area contributed by atoms with Gasteiger partial charge in [0.05, 0.1) is 12.1 Å². The van der Waals surface area contributed by atoms with Crippen molar-refractivity contribution in [3.63, 3.8) is 0 Å². The van der Waals surface area contributed by atoms with Gasteiger partial charge in [-0.05, 0) is 31.5 Å². The Bertz CT molecular complexity index is 781. The lowest BCUT2D eigenvalue weighted by Gasteiger charge is -2.13. The minimum atomic E-state index is 0.659. The smallest absolute Gasteiger partial charge is 0.137 e. The number of fused-ring (bicyclic) bond motifs is 1. The normalized spacial score (nSPS) is 10.6. The van der Waals surface area contributed by atoms with E-state index in [1.165, 1.54) is 5.56 Å². The molecule has 0 aliphatic heterocycles. The number of aromatic nitrogens is 2. The molecular formula is C18H19N3O. The van der Waals surface area contributed by atoms with Crippen molar-refractivity contribution < 1.29 is 4.74 Å². The number of hydrogen-bond acceptors (Lipinski definition) is 4. The molecule has 0 atom stereocenters. The molecule has 0 aliphatic carbocycles. The highest BCUT2D eigenvalue weighted by atomic mass is 16.5. The first kappa shape index (κ1) is 14.3. The van der Waals surface area contributed by atoms with Crippen molar-refractivity contribution in [3.05, 3.63) is 59.9 Å². The Kier molecular flexibility index (Phi) is 4.19. The van der Waals surface area contributed by atoms with Gasteiger partial charge < -0.3 is 10.1 Å². The van der Waals surface area contributed by atoms with Crippen molar-refractivity contribution in [3.8, 4) is 5.75 Å². The molecule has 4 heteroatoms. The molecule has 0 spiro atoms. The first-order valence-electron chi connectivity index (χ1n) is 7.44. The first-order valence-corrected chi connectivity index (χ1v) is 7.44. The van der Waals surface area contributed by atoms with Crippen LogP contribution in [0.1, 0.15) is 18.1 Å². The molecule has 1 heterocycles. The molecule has 3 rings (SSSR count). The molecule has 0 bridgehead atoms. The molecule has 112 valence electrons. The second-order valence-corrected chi connectivity index (χ2v) is 5.09. The van der Waals surface area contributed by atoms with Gasteiger partial charge >= 0.3 is 0 Å². The van der Waals surface area contributed by atoms with Crippen molar-refractivity contribution in [2.75, 3.05) is 11.9 Å².